The first kappa shape index (κ1) is 14.0. The second-order valence-corrected chi connectivity index (χ2v) is 6.76. The van der Waals surface area contributed by atoms with Crippen molar-refractivity contribution in [3.05, 3.63) is 22.4 Å². The van der Waals surface area contributed by atoms with Crippen molar-refractivity contribution in [3.63, 3.8) is 0 Å². The molecule has 0 saturated heterocycles. The van der Waals surface area contributed by atoms with Crippen molar-refractivity contribution in [3.8, 4) is 0 Å². The van der Waals surface area contributed by atoms with Crippen LogP contribution in [0.2, 0.25) is 0 Å². The minimum Gasteiger partial charge on any atom is -0.329 e. The van der Waals surface area contributed by atoms with Crippen LogP contribution in [-0.4, -0.2) is 30.1 Å². The molecule has 1 aromatic rings. The van der Waals surface area contributed by atoms with Crippen LogP contribution in [0.3, 0.4) is 0 Å². The number of nitrogens with two attached hydrogens (primary N) is 1. The molecule has 0 bridgehead atoms. The highest BCUT2D eigenvalue weighted by Gasteiger charge is 2.36. The molecule has 3 heteroatoms. The molecule has 0 radical (unpaired) electrons. The highest BCUT2D eigenvalue weighted by Crippen LogP contribution is 2.33. The Morgan fingerprint density at radius 2 is 2.11 bits per heavy atom. The largest absolute Gasteiger partial charge is 0.329 e. The molecule has 1 aliphatic rings. The summed E-state index contributed by atoms with van der Waals surface area (Å²) in [5.41, 5.74) is 6.37. The van der Waals surface area contributed by atoms with Crippen molar-refractivity contribution in [2.75, 3.05) is 13.6 Å². The number of thiophene rings is 1. The first-order valence-corrected chi connectivity index (χ1v) is 8.01. The van der Waals surface area contributed by atoms with Crippen LogP contribution in [0.5, 0.6) is 0 Å². The predicted octanol–water partition coefficient (Wildman–Crippen LogP) is 3.27. The molecule has 1 saturated carbocycles. The maximum Gasteiger partial charge on any atom is 0.0331 e. The lowest BCUT2D eigenvalue weighted by Gasteiger charge is -2.47. The Balaban J connectivity index is 2.01. The highest BCUT2D eigenvalue weighted by molar-refractivity contribution is 7.09. The van der Waals surface area contributed by atoms with Gasteiger partial charge < -0.3 is 5.73 Å². The summed E-state index contributed by atoms with van der Waals surface area (Å²) in [7, 11) is 2.27. The van der Waals surface area contributed by atoms with Gasteiger partial charge in [-0.15, -0.1) is 11.3 Å². The number of likely N-dealkylation sites (N-methyl/N-ethyl adjacent to an activating group) is 1. The van der Waals surface area contributed by atoms with E-state index in [1.54, 1.807) is 0 Å². The summed E-state index contributed by atoms with van der Waals surface area (Å²) in [6, 6.07) is 4.96. The van der Waals surface area contributed by atoms with Gasteiger partial charge in [-0.25, -0.2) is 0 Å². The van der Waals surface area contributed by atoms with Crippen molar-refractivity contribution in [2.45, 2.75) is 57.0 Å². The Morgan fingerprint density at radius 1 is 1.39 bits per heavy atom. The van der Waals surface area contributed by atoms with E-state index < -0.39 is 0 Å². The molecular formula is C15H26N2S. The molecule has 1 aliphatic carbocycles. The molecule has 2 rings (SSSR count). The topological polar surface area (TPSA) is 29.3 Å². The van der Waals surface area contributed by atoms with Gasteiger partial charge in [-0.2, -0.15) is 0 Å². The second kappa shape index (κ2) is 6.18. The highest BCUT2D eigenvalue weighted by atomic mass is 32.1. The zero-order chi connectivity index (χ0) is 13.0. The predicted molar refractivity (Wildman–Crippen MR) is 80.1 cm³/mol. The number of nitrogens with zero attached hydrogens (tertiary/aromatic N) is 1. The number of hydrogen-bond donors (Lipinski definition) is 1. The van der Waals surface area contributed by atoms with Crippen molar-refractivity contribution in [1.29, 1.82) is 0 Å². The lowest BCUT2D eigenvalue weighted by Crippen LogP contribution is -2.56. The van der Waals surface area contributed by atoms with Crippen LogP contribution >= 0.6 is 11.3 Å². The summed E-state index contributed by atoms with van der Waals surface area (Å²) in [6.45, 7) is 3.14. The number of hydrogen-bond acceptors (Lipinski definition) is 3. The van der Waals surface area contributed by atoms with E-state index in [1.165, 1.54) is 37.0 Å². The fraction of sp³-hybridized carbons (Fsp3) is 0.733. The third-order valence-corrected chi connectivity index (χ3v) is 5.55. The number of rotatable bonds is 5. The quantitative estimate of drug-likeness (QED) is 0.886. The van der Waals surface area contributed by atoms with Gasteiger partial charge in [-0.1, -0.05) is 25.3 Å². The van der Waals surface area contributed by atoms with Gasteiger partial charge in [0.1, 0.15) is 0 Å². The molecule has 0 aliphatic heterocycles. The summed E-state index contributed by atoms with van der Waals surface area (Å²) >= 11 is 1.86. The Labute approximate surface area is 115 Å². The van der Waals surface area contributed by atoms with Gasteiger partial charge in [0.15, 0.2) is 0 Å². The average molecular weight is 266 g/mol. The zero-order valence-corrected chi connectivity index (χ0v) is 12.5. The monoisotopic (exact) mass is 266 g/mol. The van der Waals surface area contributed by atoms with Gasteiger partial charge in [0.05, 0.1) is 0 Å². The van der Waals surface area contributed by atoms with Crippen molar-refractivity contribution in [2.24, 2.45) is 5.73 Å². The van der Waals surface area contributed by atoms with Crippen molar-refractivity contribution in [1.82, 2.24) is 4.90 Å². The van der Waals surface area contributed by atoms with Gasteiger partial charge in [0, 0.05) is 23.0 Å². The lowest BCUT2D eigenvalue weighted by molar-refractivity contribution is 0.0499. The van der Waals surface area contributed by atoms with Crippen LogP contribution in [0.4, 0.5) is 0 Å². The maximum atomic E-state index is 6.11. The summed E-state index contributed by atoms with van der Waals surface area (Å²) in [6.07, 6.45) is 7.76. The van der Waals surface area contributed by atoms with Crippen LogP contribution in [-0.2, 0) is 6.42 Å². The molecule has 1 heterocycles. The molecule has 1 atom stereocenters. The minimum absolute atomic E-state index is 0.259. The van der Waals surface area contributed by atoms with Gasteiger partial charge in [-0.05, 0) is 44.7 Å². The van der Waals surface area contributed by atoms with E-state index in [-0.39, 0.29) is 5.54 Å². The Hall–Kier alpha value is -0.380. The van der Waals surface area contributed by atoms with Crippen LogP contribution in [0.1, 0.15) is 43.9 Å². The molecule has 2 nitrogen and oxygen atoms in total. The van der Waals surface area contributed by atoms with Crippen LogP contribution in [0, 0.1) is 0 Å². The second-order valence-electron chi connectivity index (χ2n) is 5.73. The molecule has 1 unspecified atom stereocenters. The van der Waals surface area contributed by atoms with E-state index in [9.17, 15) is 0 Å². The Kier molecular flexibility index (Phi) is 4.82. The minimum atomic E-state index is 0.259. The SMILES string of the molecule is CC(Cc1cccs1)N(C)C1(CN)CCCCC1. The molecule has 1 fully saturated rings. The molecule has 102 valence electrons. The molecule has 0 aromatic carbocycles. The molecular weight excluding hydrogens is 240 g/mol. The Morgan fingerprint density at radius 3 is 2.67 bits per heavy atom. The van der Waals surface area contributed by atoms with E-state index in [2.05, 4.69) is 36.4 Å². The normalized spacial score (nSPS) is 21.1. The third kappa shape index (κ3) is 2.95. The summed E-state index contributed by atoms with van der Waals surface area (Å²) in [5.74, 6) is 0. The lowest BCUT2D eigenvalue weighted by atomic mass is 9.79. The fourth-order valence-electron chi connectivity index (χ4n) is 3.24. The van der Waals surface area contributed by atoms with Crippen LogP contribution < -0.4 is 5.73 Å². The molecule has 0 spiro atoms. The van der Waals surface area contributed by atoms with Crippen LogP contribution in [0.15, 0.2) is 17.5 Å². The maximum absolute atomic E-state index is 6.11. The van der Waals surface area contributed by atoms with Crippen molar-refractivity contribution < 1.29 is 0 Å². The average Bonchev–Trinajstić information content (AvgIpc) is 2.91. The molecule has 0 amide bonds. The van der Waals surface area contributed by atoms with Gasteiger partial charge in [0.25, 0.3) is 0 Å². The van der Waals surface area contributed by atoms with E-state index in [0.717, 1.165) is 13.0 Å². The molecule has 2 N–H and O–H groups in total. The van der Waals surface area contributed by atoms with E-state index in [1.807, 2.05) is 11.3 Å². The standard InChI is InChI=1S/C15H26N2S/c1-13(11-14-7-6-10-18-14)17(2)15(12-16)8-4-3-5-9-15/h6-7,10,13H,3-5,8-9,11-12,16H2,1-2H3. The van der Waals surface area contributed by atoms with E-state index >= 15 is 0 Å². The van der Waals surface area contributed by atoms with Crippen LogP contribution in [0.25, 0.3) is 0 Å². The molecule has 18 heavy (non-hydrogen) atoms. The van der Waals surface area contributed by atoms with E-state index in [4.69, 9.17) is 5.73 Å². The van der Waals surface area contributed by atoms with Gasteiger partial charge in [-0.3, -0.25) is 4.90 Å². The van der Waals surface area contributed by atoms with Crippen molar-refractivity contribution >= 4 is 11.3 Å². The fourth-order valence-corrected chi connectivity index (χ4v) is 4.06. The van der Waals surface area contributed by atoms with E-state index in [0.29, 0.717) is 6.04 Å². The summed E-state index contributed by atoms with van der Waals surface area (Å²) < 4.78 is 0. The first-order valence-electron chi connectivity index (χ1n) is 7.13. The third-order valence-electron chi connectivity index (χ3n) is 4.65. The smallest absolute Gasteiger partial charge is 0.0331 e. The van der Waals surface area contributed by atoms with Gasteiger partial charge in [0.2, 0.25) is 0 Å². The zero-order valence-electron chi connectivity index (χ0n) is 11.7. The summed E-state index contributed by atoms with van der Waals surface area (Å²) in [4.78, 5) is 4.05. The van der Waals surface area contributed by atoms with Gasteiger partial charge >= 0.3 is 0 Å². The molecule has 1 aromatic heterocycles. The first-order chi connectivity index (χ1) is 8.68. The Bertz CT molecular complexity index is 341. The summed E-state index contributed by atoms with van der Waals surface area (Å²) in [5, 5.41) is 2.17.